The van der Waals surface area contributed by atoms with Crippen molar-refractivity contribution < 1.29 is 13.9 Å². The molecular weight excluding hydrogens is 320 g/mol. The summed E-state index contributed by atoms with van der Waals surface area (Å²) in [4.78, 5) is 23.3. The van der Waals surface area contributed by atoms with Gasteiger partial charge in [0.1, 0.15) is 17.5 Å². The van der Waals surface area contributed by atoms with Crippen LogP contribution in [0.1, 0.15) is 0 Å². The molecule has 3 rings (SSSR count). The van der Waals surface area contributed by atoms with Gasteiger partial charge >= 0.3 is 5.63 Å². The zero-order chi connectivity index (χ0) is 17.8. The first-order valence-corrected chi connectivity index (χ1v) is 7.51. The molecule has 25 heavy (non-hydrogen) atoms. The van der Waals surface area contributed by atoms with Crippen LogP contribution >= 0.6 is 0 Å². The van der Waals surface area contributed by atoms with E-state index in [1.807, 2.05) is 36.4 Å². The van der Waals surface area contributed by atoms with E-state index in [4.69, 9.17) is 14.9 Å². The average Bonchev–Trinajstić information content (AvgIpc) is 2.61. The largest absolute Gasteiger partial charge is 0.502 e. The standard InChI is InChI=1S/C19H16N2O4/c1-24-11-16(19(20)23)21-13-7-8-14-15(12-5-3-2-4-6-12)10-18(22)25-17(14)9-13/h2-11,21H,1H3,(H2,20,23). The van der Waals surface area contributed by atoms with Crippen LogP contribution in [0.5, 0.6) is 0 Å². The molecule has 0 saturated heterocycles. The third-order valence-electron chi connectivity index (χ3n) is 3.61. The van der Waals surface area contributed by atoms with Crippen molar-refractivity contribution in [2.75, 3.05) is 12.4 Å². The van der Waals surface area contributed by atoms with E-state index in [0.717, 1.165) is 16.5 Å². The lowest BCUT2D eigenvalue weighted by Gasteiger charge is -2.10. The Morgan fingerprint density at radius 1 is 1.16 bits per heavy atom. The number of methoxy groups -OCH3 is 1. The summed E-state index contributed by atoms with van der Waals surface area (Å²) >= 11 is 0. The van der Waals surface area contributed by atoms with E-state index in [1.54, 1.807) is 12.1 Å². The Balaban J connectivity index is 2.09. The minimum absolute atomic E-state index is 0.0865. The van der Waals surface area contributed by atoms with Gasteiger partial charge in [-0.2, -0.15) is 0 Å². The van der Waals surface area contributed by atoms with Crippen LogP contribution in [0.4, 0.5) is 5.69 Å². The molecule has 6 nitrogen and oxygen atoms in total. The number of nitrogens with two attached hydrogens (primary N) is 1. The van der Waals surface area contributed by atoms with Crippen LogP contribution in [0, 0.1) is 0 Å². The Labute approximate surface area is 143 Å². The third-order valence-corrected chi connectivity index (χ3v) is 3.61. The second-order valence-electron chi connectivity index (χ2n) is 5.31. The number of carbonyl (C=O) groups is 1. The molecule has 0 bridgehead atoms. The zero-order valence-corrected chi connectivity index (χ0v) is 13.5. The molecule has 0 radical (unpaired) electrons. The highest BCUT2D eigenvalue weighted by Crippen LogP contribution is 2.29. The summed E-state index contributed by atoms with van der Waals surface area (Å²) in [5.41, 5.74) is 7.56. The van der Waals surface area contributed by atoms with E-state index < -0.39 is 11.5 Å². The lowest BCUT2D eigenvalue weighted by atomic mass is 10.0. The Morgan fingerprint density at radius 2 is 1.92 bits per heavy atom. The minimum atomic E-state index is -0.665. The molecule has 1 heterocycles. The fourth-order valence-electron chi connectivity index (χ4n) is 2.52. The monoisotopic (exact) mass is 336 g/mol. The van der Waals surface area contributed by atoms with E-state index in [1.165, 1.54) is 19.4 Å². The zero-order valence-electron chi connectivity index (χ0n) is 13.5. The smallest absolute Gasteiger partial charge is 0.336 e. The van der Waals surface area contributed by atoms with E-state index in [9.17, 15) is 9.59 Å². The normalized spacial score (nSPS) is 11.3. The number of benzene rings is 2. The number of fused-ring (bicyclic) bond motifs is 1. The lowest BCUT2D eigenvalue weighted by Crippen LogP contribution is -2.20. The van der Waals surface area contributed by atoms with Gasteiger partial charge < -0.3 is 20.2 Å². The van der Waals surface area contributed by atoms with Crippen LogP contribution < -0.4 is 16.7 Å². The first-order chi connectivity index (χ1) is 12.1. The highest BCUT2D eigenvalue weighted by molar-refractivity contribution is 5.97. The van der Waals surface area contributed by atoms with Crippen LogP contribution in [-0.2, 0) is 9.53 Å². The molecule has 0 atom stereocenters. The maximum absolute atomic E-state index is 11.9. The molecule has 126 valence electrons. The van der Waals surface area contributed by atoms with Gasteiger partial charge in [0.15, 0.2) is 0 Å². The topological polar surface area (TPSA) is 94.6 Å². The van der Waals surface area contributed by atoms with Gasteiger partial charge in [0.25, 0.3) is 5.91 Å². The van der Waals surface area contributed by atoms with Crippen LogP contribution in [-0.4, -0.2) is 13.0 Å². The van der Waals surface area contributed by atoms with Crippen LogP contribution in [0.25, 0.3) is 22.1 Å². The van der Waals surface area contributed by atoms with E-state index in [2.05, 4.69) is 5.32 Å². The number of rotatable bonds is 5. The first kappa shape index (κ1) is 16.3. The van der Waals surface area contributed by atoms with Crippen LogP contribution in [0.15, 0.2) is 75.8 Å². The summed E-state index contributed by atoms with van der Waals surface area (Å²) in [6.45, 7) is 0. The number of amides is 1. The molecule has 3 N–H and O–H groups in total. The predicted molar refractivity (Wildman–Crippen MR) is 95.8 cm³/mol. The number of nitrogens with one attached hydrogen (secondary N) is 1. The molecule has 0 spiro atoms. The molecule has 0 unspecified atom stereocenters. The number of hydrogen-bond acceptors (Lipinski definition) is 5. The SMILES string of the molecule is COC=C(Nc1ccc2c(-c3ccccc3)cc(=O)oc2c1)C(N)=O. The molecule has 3 aromatic rings. The fraction of sp³-hybridized carbons (Fsp3) is 0.0526. The molecule has 1 amide bonds. The maximum atomic E-state index is 11.9. The molecule has 2 aromatic carbocycles. The molecular formula is C19H16N2O4. The quantitative estimate of drug-likeness (QED) is 0.424. The van der Waals surface area contributed by atoms with Crippen molar-refractivity contribution in [1.82, 2.24) is 0 Å². The number of hydrogen-bond donors (Lipinski definition) is 2. The first-order valence-electron chi connectivity index (χ1n) is 7.51. The molecule has 0 aliphatic rings. The van der Waals surface area contributed by atoms with Crippen molar-refractivity contribution in [3.63, 3.8) is 0 Å². The van der Waals surface area contributed by atoms with Crippen molar-refractivity contribution in [2.45, 2.75) is 0 Å². The highest BCUT2D eigenvalue weighted by atomic mass is 16.5. The second kappa shape index (κ2) is 6.92. The number of carbonyl (C=O) groups excluding carboxylic acids is 1. The Morgan fingerprint density at radius 3 is 2.60 bits per heavy atom. The third kappa shape index (κ3) is 3.53. The van der Waals surface area contributed by atoms with Gasteiger partial charge in [-0.25, -0.2) is 4.79 Å². The Bertz CT molecular complexity index is 1010. The molecule has 6 heteroatoms. The maximum Gasteiger partial charge on any atom is 0.336 e. The Kier molecular flexibility index (Phi) is 4.52. The predicted octanol–water partition coefficient (Wildman–Crippen LogP) is 2.84. The van der Waals surface area contributed by atoms with Gasteiger partial charge in [-0.05, 0) is 23.3 Å². The van der Waals surface area contributed by atoms with Gasteiger partial charge in [-0.3, -0.25) is 4.79 Å². The van der Waals surface area contributed by atoms with E-state index in [0.29, 0.717) is 11.3 Å². The van der Waals surface area contributed by atoms with E-state index in [-0.39, 0.29) is 5.70 Å². The summed E-state index contributed by atoms with van der Waals surface area (Å²) in [6.07, 6.45) is 1.21. The van der Waals surface area contributed by atoms with Gasteiger partial charge in [0, 0.05) is 23.2 Å². The summed E-state index contributed by atoms with van der Waals surface area (Å²) in [5, 5.41) is 3.63. The number of primary amides is 1. The number of anilines is 1. The van der Waals surface area contributed by atoms with Gasteiger partial charge in [-0.15, -0.1) is 0 Å². The van der Waals surface area contributed by atoms with E-state index >= 15 is 0 Å². The molecule has 0 fully saturated rings. The van der Waals surface area contributed by atoms with Crippen molar-refractivity contribution in [3.8, 4) is 11.1 Å². The van der Waals surface area contributed by atoms with Crippen molar-refractivity contribution in [2.24, 2.45) is 5.73 Å². The van der Waals surface area contributed by atoms with Crippen LogP contribution in [0.2, 0.25) is 0 Å². The lowest BCUT2D eigenvalue weighted by molar-refractivity contribution is -0.114. The molecule has 0 aliphatic heterocycles. The minimum Gasteiger partial charge on any atom is -0.502 e. The highest BCUT2D eigenvalue weighted by Gasteiger charge is 2.10. The average molecular weight is 336 g/mol. The summed E-state index contributed by atoms with van der Waals surface area (Å²) < 4.78 is 10.1. The second-order valence-corrected chi connectivity index (χ2v) is 5.31. The summed E-state index contributed by atoms with van der Waals surface area (Å²) in [6, 6.07) is 16.2. The van der Waals surface area contributed by atoms with Gasteiger partial charge in [0.2, 0.25) is 0 Å². The van der Waals surface area contributed by atoms with Crippen LogP contribution in [0.3, 0.4) is 0 Å². The summed E-state index contributed by atoms with van der Waals surface area (Å²) in [5.74, 6) is -0.665. The molecule has 0 saturated carbocycles. The fourth-order valence-corrected chi connectivity index (χ4v) is 2.52. The molecule has 0 aliphatic carbocycles. The van der Waals surface area contributed by atoms with Gasteiger partial charge in [0.05, 0.1) is 7.11 Å². The van der Waals surface area contributed by atoms with Crippen molar-refractivity contribution in [1.29, 1.82) is 0 Å². The van der Waals surface area contributed by atoms with Crippen molar-refractivity contribution >= 4 is 22.6 Å². The molecule has 1 aromatic heterocycles. The summed E-state index contributed by atoms with van der Waals surface area (Å²) in [7, 11) is 1.41. The Hall–Kier alpha value is -3.54. The van der Waals surface area contributed by atoms with Gasteiger partial charge in [-0.1, -0.05) is 30.3 Å². The van der Waals surface area contributed by atoms with Crippen molar-refractivity contribution in [3.05, 3.63) is 77.0 Å². The number of ether oxygens (including phenoxy) is 1.